The summed E-state index contributed by atoms with van der Waals surface area (Å²) in [6, 6.07) is 0.180. The van der Waals surface area contributed by atoms with Gasteiger partial charge in [-0.15, -0.1) is 0 Å². The molecule has 0 aromatic carbocycles. The molecule has 0 aromatic heterocycles. The summed E-state index contributed by atoms with van der Waals surface area (Å²) in [5.41, 5.74) is 0. The monoisotopic (exact) mass is 241 g/mol. The van der Waals surface area contributed by atoms with Gasteiger partial charge in [0.25, 0.3) is 0 Å². The minimum atomic E-state index is -0.825. The summed E-state index contributed by atoms with van der Waals surface area (Å²) in [7, 11) is 0. The molecule has 4 heteroatoms. The lowest BCUT2D eigenvalue weighted by atomic mass is 9.78. The fourth-order valence-electron chi connectivity index (χ4n) is 2.54. The summed E-state index contributed by atoms with van der Waals surface area (Å²) in [5, 5.41) is 12.1. The first-order valence-corrected chi connectivity index (χ1v) is 6.63. The molecule has 1 aliphatic carbocycles. The van der Waals surface area contributed by atoms with Crippen molar-refractivity contribution in [2.24, 2.45) is 11.8 Å². The van der Waals surface area contributed by atoms with Crippen LogP contribution in [0.3, 0.4) is 0 Å². The third kappa shape index (κ3) is 3.72. The van der Waals surface area contributed by atoms with E-state index in [0.717, 1.165) is 25.7 Å². The number of carboxylic acids is 1. The Balaban J connectivity index is 2.61. The molecule has 0 saturated heterocycles. The number of carbonyl (C=O) groups excluding carboxylic acids is 1. The Morgan fingerprint density at radius 1 is 1.18 bits per heavy atom. The van der Waals surface area contributed by atoms with Crippen LogP contribution in [-0.4, -0.2) is 23.0 Å². The van der Waals surface area contributed by atoms with Crippen LogP contribution < -0.4 is 5.32 Å². The van der Waals surface area contributed by atoms with Crippen molar-refractivity contribution in [3.63, 3.8) is 0 Å². The van der Waals surface area contributed by atoms with E-state index in [1.54, 1.807) is 0 Å². The maximum absolute atomic E-state index is 12.1. The van der Waals surface area contributed by atoms with Crippen LogP contribution in [-0.2, 0) is 9.59 Å². The first-order chi connectivity index (χ1) is 8.10. The van der Waals surface area contributed by atoms with Crippen molar-refractivity contribution in [1.29, 1.82) is 0 Å². The summed E-state index contributed by atoms with van der Waals surface area (Å²) in [6.07, 6.45) is 5.02. The number of aliphatic carboxylic acids is 1. The number of carbonyl (C=O) groups is 2. The fourth-order valence-corrected chi connectivity index (χ4v) is 2.54. The maximum atomic E-state index is 12.1. The summed E-state index contributed by atoms with van der Waals surface area (Å²) in [5.74, 6) is -1.71. The number of rotatable bonds is 5. The van der Waals surface area contributed by atoms with Crippen molar-refractivity contribution in [3.05, 3.63) is 0 Å². The lowest BCUT2D eigenvalue weighted by Crippen LogP contribution is -2.43. The predicted molar refractivity (Wildman–Crippen MR) is 65.6 cm³/mol. The molecule has 0 aliphatic heterocycles. The lowest BCUT2D eigenvalue weighted by Gasteiger charge is -2.29. The molecule has 2 N–H and O–H groups in total. The number of amides is 1. The summed E-state index contributed by atoms with van der Waals surface area (Å²) in [4.78, 5) is 23.2. The molecule has 0 unspecified atom stereocenters. The molecule has 1 rings (SSSR count). The van der Waals surface area contributed by atoms with Gasteiger partial charge in [0.05, 0.1) is 11.8 Å². The Bertz CT molecular complexity index is 274. The van der Waals surface area contributed by atoms with E-state index in [4.69, 9.17) is 5.11 Å². The van der Waals surface area contributed by atoms with E-state index in [1.165, 1.54) is 0 Å². The van der Waals surface area contributed by atoms with Crippen LogP contribution >= 0.6 is 0 Å². The zero-order valence-electron chi connectivity index (χ0n) is 10.7. The van der Waals surface area contributed by atoms with Gasteiger partial charge in [0.1, 0.15) is 0 Å². The SMILES string of the molecule is CCC(CC)NC(=O)[C@@H]1CCCC[C@@H]1C(=O)O. The topological polar surface area (TPSA) is 66.4 Å². The molecule has 0 radical (unpaired) electrons. The van der Waals surface area contributed by atoms with Gasteiger partial charge in [-0.1, -0.05) is 26.7 Å². The van der Waals surface area contributed by atoms with Crippen molar-refractivity contribution in [3.8, 4) is 0 Å². The quantitative estimate of drug-likeness (QED) is 0.775. The zero-order valence-corrected chi connectivity index (χ0v) is 10.7. The highest BCUT2D eigenvalue weighted by molar-refractivity contribution is 5.85. The van der Waals surface area contributed by atoms with E-state index in [0.29, 0.717) is 12.8 Å². The van der Waals surface area contributed by atoms with Crippen molar-refractivity contribution in [2.45, 2.75) is 58.4 Å². The van der Waals surface area contributed by atoms with Crippen LogP contribution in [0, 0.1) is 11.8 Å². The number of hydrogen-bond acceptors (Lipinski definition) is 2. The normalized spacial score (nSPS) is 24.6. The Hall–Kier alpha value is -1.06. The van der Waals surface area contributed by atoms with Gasteiger partial charge in [0.2, 0.25) is 5.91 Å². The first kappa shape index (κ1) is 14.0. The van der Waals surface area contributed by atoms with Crippen LogP contribution in [0.4, 0.5) is 0 Å². The molecule has 17 heavy (non-hydrogen) atoms. The third-order valence-corrected chi connectivity index (χ3v) is 3.75. The summed E-state index contributed by atoms with van der Waals surface area (Å²) in [6.45, 7) is 4.06. The highest BCUT2D eigenvalue weighted by Crippen LogP contribution is 2.30. The van der Waals surface area contributed by atoms with Gasteiger partial charge in [-0.05, 0) is 25.7 Å². The van der Waals surface area contributed by atoms with E-state index in [-0.39, 0.29) is 17.9 Å². The van der Waals surface area contributed by atoms with Crippen molar-refractivity contribution < 1.29 is 14.7 Å². The van der Waals surface area contributed by atoms with Crippen LogP contribution in [0.5, 0.6) is 0 Å². The third-order valence-electron chi connectivity index (χ3n) is 3.75. The molecule has 0 bridgehead atoms. The molecular weight excluding hydrogens is 218 g/mol. The average Bonchev–Trinajstić information content (AvgIpc) is 2.35. The van der Waals surface area contributed by atoms with E-state index in [9.17, 15) is 9.59 Å². The highest BCUT2D eigenvalue weighted by atomic mass is 16.4. The Labute approximate surface area is 103 Å². The van der Waals surface area contributed by atoms with Gasteiger partial charge in [-0.2, -0.15) is 0 Å². The largest absolute Gasteiger partial charge is 0.481 e. The Kier molecular flexibility index (Phi) is 5.45. The van der Waals surface area contributed by atoms with Gasteiger partial charge in [0.15, 0.2) is 0 Å². The molecule has 1 saturated carbocycles. The zero-order chi connectivity index (χ0) is 12.8. The second-order valence-corrected chi connectivity index (χ2v) is 4.86. The number of nitrogens with one attached hydrogen (secondary N) is 1. The Morgan fingerprint density at radius 2 is 1.71 bits per heavy atom. The van der Waals surface area contributed by atoms with Crippen LogP contribution in [0.15, 0.2) is 0 Å². The van der Waals surface area contributed by atoms with Gasteiger partial charge in [0, 0.05) is 6.04 Å². The Morgan fingerprint density at radius 3 is 2.18 bits per heavy atom. The molecule has 2 atom stereocenters. The molecule has 0 aromatic rings. The standard InChI is InChI=1S/C13H23NO3/c1-3-9(4-2)14-12(15)10-7-5-6-8-11(10)13(16)17/h9-11H,3-8H2,1-2H3,(H,14,15)(H,16,17)/t10-,11+/m1/s1. The van der Waals surface area contributed by atoms with Crippen molar-refractivity contribution in [1.82, 2.24) is 5.32 Å². The minimum Gasteiger partial charge on any atom is -0.481 e. The van der Waals surface area contributed by atoms with Crippen molar-refractivity contribution >= 4 is 11.9 Å². The molecule has 0 heterocycles. The molecule has 1 aliphatic rings. The molecular formula is C13H23NO3. The molecule has 1 fully saturated rings. The van der Waals surface area contributed by atoms with E-state index in [2.05, 4.69) is 5.32 Å². The smallest absolute Gasteiger partial charge is 0.307 e. The van der Waals surface area contributed by atoms with Crippen LogP contribution in [0.2, 0.25) is 0 Å². The van der Waals surface area contributed by atoms with Gasteiger partial charge < -0.3 is 10.4 Å². The van der Waals surface area contributed by atoms with Gasteiger partial charge in [-0.3, -0.25) is 9.59 Å². The van der Waals surface area contributed by atoms with E-state index >= 15 is 0 Å². The average molecular weight is 241 g/mol. The second kappa shape index (κ2) is 6.62. The first-order valence-electron chi connectivity index (χ1n) is 6.63. The van der Waals surface area contributed by atoms with Crippen LogP contribution in [0.1, 0.15) is 52.4 Å². The van der Waals surface area contributed by atoms with E-state index < -0.39 is 11.9 Å². The lowest BCUT2D eigenvalue weighted by molar-refractivity contribution is -0.149. The highest BCUT2D eigenvalue weighted by Gasteiger charge is 2.35. The summed E-state index contributed by atoms with van der Waals surface area (Å²) >= 11 is 0. The minimum absolute atomic E-state index is 0.0641. The number of hydrogen-bond donors (Lipinski definition) is 2. The fraction of sp³-hybridized carbons (Fsp3) is 0.846. The predicted octanol–water partition coefficient (Wildman–Crippen LogP) is 2.18. The van der Waals surface area contributed by atoms with Crippen LogP contribution in [0.25, 0.3) is 0 Å². The van der Waals surface area contributed by atoms with E-state index in [1.807, 2.05) is 13.8 Å². The maximum Gasteiger partial charge on any atom is 0.307 e. The second-order valence-electron chi connectivity index (χ2n) is 4.86. The van der Waals surface area contributed by atoms with Gasteiger partial charge in [-0.25, -0.2) is 0 Å². The van der Waals surface area contributed by atoms with Crippen molar-refractivity contribution in [2.75, 3.05) is 0 Å². The number of carboxylic acid groups (broad SMARTS) is 1. The molecule has 4 nitrogen and oxygen atoms in total. The molecule has 1 amide bonds. The molecule has 0 spiro atoms. The summed E-state index contributed by atoms with van der Waals surface area (Å²) < 4.78 is 0. The molecule has 98 valence electrons. The van der Waals surface area contributed by atoms with Gasteiger partial charge >= 0.3 is 5.97 Å².